The second-order valence-electron chi connectivity index (χ2n) is 8.15. The lowest BCUT2D eigenvalue weighted by Gasteiger charge is -2.13. The fourth-order valence-corrected chi connectivity index (χ4v) is 4.54. The van der Waals surface area contributed by atoms with Gasteiger partial charge in [-0.3, -0.25) is 9.67 Å². The SMILES string of the molecule is Cc1noc(C)c1-c1ccc2c(-c3ccc(C(=O)O)c(Cl)c3)nn([C@@H](C)c3ccccn3)c2c1. The van der Waals surface area contributed by atoms with Crippen LogP contribution in [0.5, 0.6) is 0 Å². The molecule has 170 valence electrons. The van der Waals surface area contributed by atoms with Crippen LogP contribution in [0.3, 0.4) is 0 Å². The molecule has 0 fully saturated rings. The molecule has 0 amide bonds. The lowest BCUT2D eigenvalue weighted by atomic mass is 10.0. The van der Waals surface area contributed by atoms with Crippen LogP contribution in [-0.2, 0) is 0 Å². The van der Waals surface area contributed by atoms with Crippen molar-refractivity contribution in [3.63, 3.8) is 0 Å². The second kappa shape index (κ2) is 8.43. The van der Waals surface area contributed by atoms with Crippen LogP contribution >= 0.6 is 11.6 Å². The summed E-state index contributed by atoms with van der Waals surface area (Å²) in [6.07, 6.45) is 1.76. The molecule has 0 aliphatic rings. The predicted molar refractivity (Wildman–Crippen MR) is 130 cm³/mol. The zero-order chi connectivity index (χ0) is 24.0. The highest BCUT2D eigenvalue weighted by Gasteiger charge is 2.21. The number of fused-ring (bicyclic) bond motifs is 1. The van der Waals surface area contributed by atoms with Crippen molar-refractivity contribution in [3.05, 3.63) is 88.5 Å². The lowest BCUT2D eigenvalue weighted by Crippen LogP contribution is -2.10. The van der Waals surface area contributed by atoms with E-state index in [2.05, 4.69) is 16.2 Å². The summed E-state index contributed by atoms with van der Waals surface area (Å²) in [5.41, 5.74) is 6.02. The molecule has 34 heavy (non-hydrogen) atoms. The average Bonchev–Trinajstić information content (AvgIpc) is 3.38. The van der Waals surface area contributed by atoms with Crippen molar-refractivity contribution in [3.8, 4) is 22.4 Å². The minimum absolute atomic E-state index is 0.0525. The molecular formula is C26H21ClN4O3. The maximum absolute atomic E-state index is 11.4. The Labute approximate surface area is 200 Å². The minimum atomic E-state index is -1.07. The highest BCUT2D eigenvalue weighted by Crippen LogP contribution is 2.36. The van der Waals surface area contributed by atoms with Crippen LogP contribution in [-0.4, -0.2) is 31.0 Å². The molecule has 5 rings (SSSR count). The van der Waals surface area contributed by atoms with Gasteiger partial charge >= 0.3 is 5.97 Å². The number of hydrogen-bond donors (Lipinski definition) is 1. The van der Waals surface area contributed by atoms with E-state index >= 15 is 0 Å². The summed E-state index contributed by atoms with van der Waals surface area (Å²) in [6, 6.07) is 16.6. The molecule has 0 radical (unpaired) electrons. The molecule has 8 heteroatoms. The maximum atomic E-state index is 11.4. The van der Waals surface area contributed by atoms with Crippen LogP contribution in [0.4, 0.5) is 0 Å². The molecule has 3 aromatic heterocycles. The minimum Gasteiger partial charge on any atom is -0.478 e. The average molecular weight is 473 g/mol. The molecule has 1 N–H and O–H groups in total. The van der Waals surface area contributed by atoms with Crippen LogP contribution in [0, 0.1) is 13.8 Å². The number of carboxylic acid groups (broad SMARTS) is 1. The first-order chi connectivity index (χ1) is 16.3. The topological polar surface area (TPSA) is 94.0 Å². The molecule has 5 aromatic rings. The smallest absolute Gasteiger partial charge is 0.337 e. The largest absolute Gasteiger partial charge is 0.478 e. The lowest BCUT2D eigenvalue weighted by molar-refractivity contribution is 0.0697. The number of halogens is 1. The first kappa shape index (κ1) is 21.9. The van der Waals surface area contributed by atoms with Gasteiger partial charge in [-0.2, -0.15) is 5.10 Å². The zero-order valence-corrected chi connectivity index (χ0v) is 19.5. The maximum Gasteiger partial charge on any atom is 0.337 e. The molecule has 0 aliphatic heterocycles. The summed E-state index contributed by atoms with van der Waals surface area (Å²) < 4.78 is 7.32. The molecule has 0 saturated heterocycles. The number of carboxylic acids is 1. The molecular weight excluding hydrogens is 452 g/mol. The Bertz CT molecular complexity index is 1520. The van der Waals surface area contributed by atoms with E-state index in [-0.39, 0.29) is 16.6 Å². The number of aryl methyl sites for hydroxylation is 2. The first-order valence-electron chi connectivity index (χ1n) is 10.7. The predicted octanol–water partition coefficient (Wildman–Crippen LogP) is 6.33. The van der Waals surface area contributed by atoms with E-state index in [1.807, 2.05) is 55.8 Å². The summed E-state index contributed by atoms with van der Waals surface area (Å²) in [5.74, 6) is -0.322. The number of benzene rings is 2. The van der Waals surface area contributed by atoms with Gasteiger partial charge in [-0.15, -0.1) is 0 Å². The van der Waals surface area contributed by atoms with Crippen LogP contribution in [0.15, 0.2) is 65.3 Å². The van der Waals surface area contributed by atoms with Gasteiger partial charge in [-0.25, -0.2) is 4.79 Å². The van der Waals surface area contributed by atoms with E-state index in [1.165, 1.54) is 6.07 Å². The quantitative estimate of drug-likeness (QED) is 0.321. The van der Waals surface area contributed by atoms with E-state index in [9.17, 15) is 9.90 Å². The second-order valence-corrected chi connectivity index (χ2v) is 8.56. The van der Waals surface area contributed by atoms with Gasteiger partial charge in [0.25, 0.3) is 0 Å². The number of pyridine rings is 1. The normalized spacial score (nSPS) is 12.2. The number of aromatic carboxylic acids is 1. The molecule has 0 aliphatic carbocycles. The summed E-state index contributed by atoms with van der Waals surface area (Å²) in [4.78, 5) is 15.9. The molecule has 0 unspecified atom stereocenters. The number of aromatic nitrogens is 4. The Balaban J connectivity index is 1.74. The van der Waals surface area contributed by atoms with E-state index in [1.54, 1.807) is 18.3 Å². The fourth-order valence-electron chi connectivity index (χ4n) is 4.28. The molecule has 0 bridgehead atoms. The van der Waals surface area contributed by atoms with Crippen LogP contribution in [0.2, 0.25) is 5.02 Å². The van der Waals surface area contributed by atoms with Gasteiger partial charge in [-0.05, 0) is 62.7 Å². The monoisotopic (exact) mass is 472 g/mol. The Kier molecular flexibility index (Phi) is 5.42. The molecule has 1 atom stereocenters. The fraction of sp³-hybridized carbons (Fsp3) is 0.154. The molecule has 0 saturated carbocycles. The van der Waals surface area contributed by atoms with Gasteiger partial charge in [0.05, 0.1) is 33.5 Å². The van der Waals surface area contributed by atoms with E-state index < -0.39 is 5.97 Å². The van der Waals surface area contributed by atoms with Crippen molar-refractivity contribution in [1.82, 2.24) is 19.9 Å². The van der Waals surface area contributed by atoms with E-state index in [0.717, 1.165) is 44.7 Å². The van der Waals surface area contributed by atoms with Crippen molar-refractivity contribution >= 4 is 28.5 Å². The Morgan fingerprint density at radius 3 is 2.53 bits per heavy atom. The first-order valence-corrected chi connectivity index (χ1v) is 11.1. The summed E-state index contributed by atoms with van der Waals surface area (Å²) in [7, 11) is 0. The van der Waals surface area contributed by atoms with Gasteiger partial charge in [0, 0.05) is 22.7 Å². The Hall–Kier alpha value is -3.97. The summed E-state index contributed by atoms with van der Waals surface area (Å²) in [6.45, 7) is 5.85. The van der Waals surface area contributed by atoms with Gasteiger partial charge in [0.2, 0.25) is 0 Å². The Morgan fingerprint density at radius 1 is 1.09 bits per heavy atom. The van der Waals surface area contributed by atoms with Crippen molar-refractivity contribution < 1.29 is 14.4 Å². The number of carbonyl (C=O) groups is 1. The number of rotatable bonds is 5. The third kappa shape index (κ3) is 3.64. The van der Waals surface area contributed by atoms with E-state index in [0.29, 0.717) is 5.69 Å². The summed E-state index contributed by atoms with van der Waals surface area (Å²) >= 11 is 6.28. The molecule has 3 heterocycles. The van der Waals surface area contributed by atoms with Crippen LogP contribution in [0.1, 0.15) is 40.5 Å². The zero-order valence-electron chi connectivity index (χ0n) is 18.8. The van der Waals surface area contributed by atoms with Crippen LogP contribution < -0.4 is 0 Å². The van der Waals surface area contributed by atoms with Gasteiger partial charge in [0.1, 0.15) is 11.5 Å². The van der Waals surface area contributed by atoms with Gasteiger partial charge in [0.15, 0.2) is 0 Å². The van der Waals surface area contributed by atoms with Crippen molar-refractivity contribution in [2.24, 2.45) is 0 Å². The van der Waals surface area contributed by atoms with Gasteiger partial charge in [-0.1, -0.05) is 35.0 Å². The third-order valence-corrected chi connectivity index (χ3v) is 6.30. The Morgan fingerprint density at radius 2 is 1.88 bits per heavy atom. The summed E-state index contributed by atoms with van der Waals surface area (Å²) in [5, 5.41) is 19.5. The molecule has 7 nitrogen and oxygen atoms in total. The van der Waals surface area contributed by atoms with Crippen molar-refractivity contribution in [2.45, 2.75) is 26.8 Å². The number of nitrogens with zero attached hydrogens (tertiary/aromatic N) is 4. The van der Waals surface area contributed by atoms with Crippen LogP contribution in [0.25, 0.3) is 33.3 Å². The standard InChI is InChI=1S/C26H21ClN4O3/c1-14-24(16(3)34-30-14)17-7-10-20-23(13-17)31(15(2)22-6-4-5-11-28-22)29-25(20)18-8-9-19(26(32)33)21(27)12-18/h4-13,15H,1-3H3,(H,32,33)/t15-/m0/s1. The molecule has 2 aromatic carbocycles. The number of hydrogen-bond acceptors (Lipinski definition) is 5. The molecule has 0 spiro atoms. The van der Waals surface area contributed by atoms with Gasteiger partial charge < -0.3 is 9.63 Å². The highest BCUT2D eigenvalue weighted by atomic mass is 35.5. The van der Waals surface area contributed by atoms with Crippen molar-refractivity contribution in [1.29, 1.82) is 0 Å². The van der Waals surface area contributed by atoms with E-state index in [4.69, 9.17) is 21.2 Å². The highest BCUT2D eigenvalue weighted by molar-refractivity contribution is 6.33. The third-order valence-electron chi connectivity index (χ3n) is 5.99. The van der Waals surface area contributed by atoms with Crippen molar-refractivity contribution in [2.75, 3.05) is 0 Å².